The molecule has 1 aliphatic heterocycles. The van der Waals surface area contributed by atoms with Gasteiger partial charge in [-0.05, 0) is 26.8 Å². The molecule has 2 N–H and O–H groups in total. The van der Waals surface area contributed by atoms with Gasteiger partial charge in [-0.1, -0.05) is 6.07 Å². The molecule has 0 bridgehead atoms. The second-order valence-electron chi connectivity index (χ2n) is 7.30. The van der Waals surface area contributed by atoms with E-state index in [4.69, 9.17) is 15.2 Å². The minimum Gasteiger partial charge on any atom is -0.471 e. The van der Waals surface area contributed by atoms with Gasteiger partial charge in [-0.15, -0.1) is 24.0 Å². The Bertz CT molecular complexity index is 692. The van der Waals surface area contributed by atoms with E-state index in [9.17, 15) is 13.6 Å². The van der Waals surface area contributed by atoms with Crippen LogP contribution in [0.15, 0.2) is 23.3 Å². The fourth-order valence-electron chi connectivity index (χ4n) is 2.53. The minimum absolute atomic E-state index is 0. The number of rotatable bonds is 5. The molecular formula is C18H28F2IN5O3. The molecule has 1 fully saturated rings. The van der Waals surface area contributed by atoms with Crippen LogP contribution in [0.1, 0.15) is 26.3 Å². The number of alkyl halides is 2. The zero-order chi connectivity index (χ0) is 20.7. The lowest BCUT2D eigenvalue weighted by Gasteiger charge is -2.36. The lowest BCUT2D eigenvalue weighted by atomic mass is 10.2. The van der Waals surface area contributed by atoms with Crippen molar-refractivity contribution in [2.24, 2.45) is 10.7 Å². The van der Waals surface area contributed by atoms with Crippen LogP contribution in [-0.2, 0) is 11.3 Å². The number of carbonyl (C=O) groups is 1. The Balaban J connectivity index is 0.00000420. The molecule has 1 amide bonds. The summed E-state index contributed by atoms with van der Waals surface area (Å²) in [5, 5.41) is 0. The van der Waals surface area contributed by atoms with Gasteiger partial charge >= 0.3 is 6.09 Å². The largest absolute Gasteiger partial charge is 0.471 e. The third kappa shape index (κ3) is 8.54. The zero-order valence-electron chi connectivity index (χ0n) is 16.8. The lowest BCUT2D eigenvalue weighted by molar-refractivity contribution is 0.0186. The molecule has 0 radical (unpaired) electrons. The molecule has 1 aliphatic rings. The minimum atomic E-state index is -2.58. The molecule has 0 atom stereocenters. The summed E-state index contributed by atoms with van der Waals surface area (Å²) >= 11 is 0. The van der Waals surface area contributed by atoms with Crippen molar-refractivity contribution in [2.45, 2.75) is 39.3 Å². The van der Waals surface area contributed by atoms with E-state index < -0.39 is 18.6 Å². The quantitative estimate of drug-likeness (QED) is 0.360. The summed E-state index contributed by atoms with van der Waals surface area (Å²) in [5.74, 6) is 0.432. The number of nitrogens with two attached hydrogens (primary N) is 1. The molecule has 11 heteroatoms. The van der Waals surface area contributed by atoms with Gasteiger partial charge in [0.25, 0.3) is 6.43 Å². The Hall–Kier alpha value is -1.92. The average Bonchev–Trinajstić information content (AvgIpc) is 2.63. The van der Waals surface area contributed by atoms with Crippen molar-refractivity contribution in [3.8, 4) is 5.88 Å². The van der Waals surface area contributed by atoms with Crippen LogP contribution in [-0.4, -0.2) is 71.6 Å². The number of carbonyl (C=O) groups excluding carboxylic acids is 1. The van der Waals surface area contributed by atoms with Crippen molar-refractivity contribution in [3.63, 3.8) is 0 Å². The van der Waals surface area contributed by atoms with Gasteiger partial charge in [-0.25, -0.2) is 23.6 Å². The summed E-state index contributed by atoms with van der Waals surface area (Å²) in [7, 11) is 0. The predicted molar refractivity (Wildman–Crippen MR) is 116 cm³/mol. The van der Waals surface area contributed by atoms with E-state index >= 15 is 0 Å². The first-order chi connectivity index (χ1) is 13.2. The summed E-state index contributed by atoms with van der Waals surface area (Å²) < 4.78 is 35.1. The fraction of sp³-hybridized carbons (Fsp3) is 0.611. The molecule has 0 spiro atoms. The van der Waals surface area contributed by atoms with Gasteiger partial charge in [-0.2, -0.15) is 0 Å². The van der Waals surface area contributed by atoms with Gasteiger partial charge in [0.2, 0.25) is 5.88 Å². The van der Waals surface area contributed by atoms with Crippen LogP contribution in [0.5, 0.6) is 5.88 Å². The number of halogens is 3. The molecule has 1 aromatic rings. The molecule has 8 nitrogen and oxygen atoms in total. The maximum Gasteiger partial charge on any atom is 0.410 e. The monoisotopic (exact) mass is 527 g/mol. The van der Waals surface area contributed by atoms with Crippen LogP contribution in [0, 0.1) is 0 Å². The molecule has 2 rings (SSSR count). The van der Waals surface area contributed by atoms with E-state index in [0.29, 0.717) is 37.7 Å². The van der Waals surface area contributed by atoms with E-state index in [-0.39, 0.29) is 42.5 Å². The highest BCUT2D eigenvalue weighted by atomic mass is 127. The number of aromatic nitrogens is 1. The molecular weight excluding hydrogens is 499 g/mol. The summed E-state index contributed by atoms with van der Waals surface area (Å²) in [6.45, 7) is 6.89. The SMILES string of the molecule is CC(C)(C)OC(=O)N1CCN(C(N)=NCc2cccnc2OCC(F)F)CC1.I. The Morgan fingerprint density at radius 3 is 2.48 bits per heavy atom. The zero-order valence-corrected chi connectivity index (χ0v) is 19.1. The lowest BCUT2D eigenvalue weighted by Crippen LogP contribution is -2.53. The predicted octanol–water partition coefficient (Wildman–Crippen LogP) is 2.71. The molecule has 0 saturated carbocycles. The van der Waals surface area contributed by atoms with Crippen molar-refractivity contribution in [1.29, 1.82) is 0 Å². The fourth-order valence-corrected chi connectivity index (χ4v) is 2.53. The van der Waals surface area contributed by atoms with Crippen molar-refractivity contribution in [3.05, 3.63) is 23.9 Å². The molecule has 0 aliphatic carbocycles. The summed E-state index contributed by atoms with van der Waals surface area (Å²) in [5.41, 5.74) is 6.08. The second-order valence-corrected chi connectivity index (χ2v) is 7.30. The number of aliphatic imine (C=N–C) groups is 1. The van der Waals surface area contributed by atoms with Gasteiger partial charge < -0.3 is 25.0 Å². The first-order valence-electron chi connectivity index (χ1n) is 9.03. The van der Waals surface area contributed by atoms with Crippen molar-refractivity contribution < 1.29 is 23.0 Å². The van der Waals surface area contributed by atoms with E-state index in [1.165, 1.54) is 6.20 Å². The van der Waals surface area contributed by atoms with Gasteiger partial charge in [-0.3, -0.25) is 0 Å². The molecule has 0 unspecified atom stereocenters. The average molecular weight is 527 g/mol. The molecule has 1 saturated heterocycles. The van der Waals surface area contributed by atoms with E-state index in [1.54, 1.807) is 17.0 Å². The number of hydrogen-bond acceptors (Lipinski definition) is 5. The van der Waals surface area contributed by atoms with E-state index in [0.717, 1.165) is 0 Å². The van der Waals surface area contributed by atoms with Gasteiger partial charge in [0.05, 0.1) is 6.54 Å². The number of hydrogen-bond donors (Lipinski definition) is 1. The third-order valence-corrected chi connectivity index (χ3v) is 3.86. The Kier molecular flexibility index (Phi) is 9.80. The Morgan fingerprint density at radius 2 is 1.90 bits per heavy atom. The Labute approximate surface area is 186 Å². The molecule has 1 aromatic heterocycles. The van der Waals surface area contributed by atoms with E-state index in [2.05, 4.69) is 9.98 Å². The van der Waals surface area contributed by atoms with Gasteiger partial charge in [0, 0.05) is 37.9 Å². The van der Waals surface area contributed by atoms with Crippen molar-refractivity contribution in [1.82, 2.24) is 14.8 Å². The normalized spacial score (nSPS) is 15.2. The first-order valence-corrected chi connectivity index (χ1v) is 9.03. The first kappa shape index (κ1) is 25.1. The van der Waals surface area contributed by atoms with Gasteiger partial charge in [0.1, 0.15) is 5.60 Å². The highest BCUT2D eigenvalue weighted by Gasteiger charge is 2.26. The number of guanidine groups is 1. The van der Waals surface area contributed by atoms with Crippen LogP contribution in [0.25, 0.3) is 0 Å². The number of ether oxygens (including phenoxy) is 2. The van der Waals surface area contributed by atoms with E-state index in [1.807, 2.05) is 25.7 Å². The molecule has 164 valence electrons. The maximum absolute atomic E-state index is 12.3. The maximum atomic E-state index is 12.3. The van der Waals surface area contributed by atoms with Crippen LogP contribution < -0.4 is 10.5 Å². The number of amides is 1. The smallest absolute Gasteiger partial charge is 0.410 e. The van der Waals surface area contributed by atoms with Gasteiger partial charge in [0.15, 0.2) is 12.6 Å². The van der Waals surface area contributed by atoms with Crippen molar-refractivity contribution in [2.75, 3.05) is 32.8 Å². The molecule has 29 heavy (non-hydrogen) atoms. The topological polar surface area (TPSA) is 93.3 Å². The van der Waals surface area contributed by atoms with Crippen LogP contribution >= 0.6 is 24.0 Å². The number of pyridine rings is 1. The third-order valence-electron chi connectivity index (χ3n) is 3.86. The summed E-state index contributed by atoms with van der Waals surface area (Å²) in [6, 6.07) is 3.38. The van der Waals surface area contributed by atoms with Crippen molar-refractivity contribution >= 4 is 36.0 Å². The molecule has 0 aromatic carbocycles. The highest BCUT2D eigenvalue weighted by Crippen LogP contribution is 2.17. The molecule has 2 heterocycles. The highest BCUT2D eigenvalue weighted by molar-refractivity contribution is 14.0. The number of piperazine rings is 1. The second kappa shape index (κ2) is 11.3. The number of nitrogens with zero attached hydrogens (tertiary/aromatic N) is 4. The Morgan fingerprint density at radius 1 is 1.28 bits per heavy atom. The van der Waals surface area contributed by atoms with Crippen LogP contribution in [0.3, 0.4) is 0 Å². The van der Waals surface area contributed by atoms with Crippen LogP contribution in [0.4, 0.5) is 13.6 Å². The van der Waals surface area contributed by atoms with Crippen LogP contribution in [0.2, 0.25) is 0 Å². The standard InChI is InChI=1S/C18H27F2N5O3.HI/c1-18(2,3)28-17(26)25-9-7-24(8-10-25)16(21)23-11-13-5-4-6-22-15(13)27-12-14(19)20;/h4-6,14H,7-12H2,1-3H3,(H2,21,23);1H. The summed E-state index contributed by atoms with van der Waals surface area (Å²) in [4.78, 5) is 23.9. The summed E-state index contributed by atoms with van der Waals surface area (Å²) in [6.07, 6.45) is -1.46.